The van der Waals surface area contributed by atoms with Crippen molar-refractivity contribution in [3.05, 3.63) is 30.3 Å². The lowest BCUT2D eigenvalue weighted by atomic mass is 10.2. The topological polar surface area (TPSA) is 27.6 Å². The Hall–Kier alpha value is -1.16. The smallest absolute Gasteiger partial charge is 0.156 e. The van der Waals surface area contributed by atoms with Crippen LogP contribution in [0.1, 0.15) is 13.3 Å². The van der Waals surface area contributed by atoms with Crippen LogP contribution in [0.15, 0.2) is 35.3 Å². The zero-order valence-electron chi connectivity index (χ0n) is 11.8. The fraction of sp³-hybridized carbons (Fsp3) is 0.533. The molecule has 1 N–H and O–H groups in total. The molecule has 1 aliphatic rings. The first-order chi connectivity index (χ1) is 9.25. The van der Waals surface area contributed by atoms with Crippen LogP contribution < -0.4 is 10.2 Å². The summed E-state index contributed by atoms with van der Waals surface area (Å²) in [5.74, 6) is 1.91. The molecule has 1 heterocycles. The zero-order valence-corrected chi connectivity index (χ0v) is 12.6. The van der Waals surface area contributed by atoms with Gasteiger partial charge in [-0.05, 0) is 24.5 Å². The maximum Gasteiger partial charge on any atom is 0.156 e. The van der Waals surface area contributed by atoms with Crippen molar-refractivity contribution < 1.29 is 0 Å². The van der Waals surface area contributed by atoms with E-state index in [0.29, 0.717) is 0 Å². The van der Waals surface area contributed by atoms with E-state index in [1.165, 1.54) is 11.4 Å². The van der Waals surface area contributed by atoms with Crippen LogP contribution in [0.2, 0.25) is 0 Å². The van der Waals surface area contributed by atoms with E-state index in [9.17, 15) is 0 Å². The van der Waals surface area contributed by atoms with Gasteiger partial charge in [0, 0.05) is 38.1 Å². The van der Waals surface area contributed by atoms with Gasteiger partial charge < -0.3 is 10.2 Å². The molecule has 0 aliphatic carbocycles. The Kier molecular flexibility index (Phi) is 5.58. The number of para-hydroxylation sites is 1. The Morgan fingerprint density at radius 1 is 1.37 bits per heavy atom. The van der Waals surface area contributed by atoms with Crippen LogP contribution in [0.4, 0.5) is 5.69 Å². The van der Waals surface area contributed by atoms with Crippen LogP contribution in [-0.2, 0) is 0 Å². The summed E-state index contributed by atoms with van der Waals surface area (Å²) in [7, 11) is 2.14. The van der Waals surface area contributed by atoms with Crippen molar-refractivity contribution in [3.8, 4) is 0 Å². The average Bonchev–Trinajstić information content (AvgIpc) is 2.46. The minimum Gasteiger partial charge on any atom is -0.375 e. The maximum atomic E-state index is 4.54. The number of anilines is 1. The number of benzene rings is 1. The number of aliphatic imine (C=N–C) groups is 1. The quantitative estimate of drug-likeness (QED) is 0.839. The van der Waals surface area contributed by atoms with E-state index >= 15 is 0 Å². The standard InChI is InChI=1S/C15H23N3S/c1-13-11-17-15(19-12-13)16-9-6-10-18(2)14-7-4-3-5-8-14/h3-5,7-8,13H,6,9-12H2,1-2H3,(H,16,17). The highest BCUT2D eigenvalue weighted by Gasteiger charge is 2.11. The van der Waals surface area contributed by atoms with Gasteiger partial charge >= 0.3 is 0 Å². The lowest BCUT2D eigenvalue weighted by Crippen LogP contribution is -2.29. The zero-order chi connectivity index (χ0) is 13.5. The Labute approximate surface area is 120 Å². The van der Waals surface area contributed by atoms with E-state index in [0.717, 1.165) is 37.1 Å². The first-order valence-corrected chi connectivity index (χ1v) is 7.91. The number of rotatable bonds is 5. The monoisotopic (exact) mass is 277 g/mol. The highest BCUT2D eigenvalue weighted by molar-refractivity contribution is 8.13. The second-order valence-corrected chi connectivity index (χ2v) is 6.11. The Balaban J connectivity index is 1.64. The molecule has 0 fully saturated rings. The van der Waals surface area contributed by atoms with E-state index in [1.807, 2.05) is 11.8 Å². The lowest BCUT2D eigenvalue weighted by molar-refractivity contribution is 0.667. The second kappa shape index (κ2) is 7.43. The molecule has 0 aromatic heterocycles. The third kappa shape index (κ3) is 4.78. The van der Waals surface area contributed by atoms with Crippen LogP contribution in [-0.4, -0.2) is 37.6 Å². The van der Waals surface area contributed by atoms with Gasteiger partial charge in [0.05, 0.1) is 0 Å². The van der Waals surface area contributed by atoms with Crippen molar-refractivity contribution in [2.24, 2.45) is 10.9 Å². The highest BCUT2D eigenvalue weighted by Crippen LogP contribution is 2.15. The molecule has 104 valence electrons. The Bertz CT molecular complexity index is 405. The molecular formula is C15H23N3S. The number of amidine groups is 1. The van der Waals surface area contributed by atoms with Crippen molar-refractivity contribution >= 4 is 22.6 Å². The van der Waals surface area contributed by atoms with Gasteiger partial charge in [0.2, 0.25) is 0 Å². The molecule has 0 bridgehead atoms. The molecular weight excluding hydrogens is 254 g/mol. The molecule has 0 spiro atoms. The first-order valence-electron chi connectivity index (χ1n) is 6.93. The predicted molar refractivity (Wildman–Crippen MR) is 86.3 cm³/mol. The fourth-order valence-electron chi connectivity index (χ4n) is 1.99. The van der Waals surface area contributed by atoms with E-state index in [2.05, 4.69) is 59.5 Å². The van der Waals surface area contributed by atoms with Gasteiger partial charge in [-0.15, -0.1) is 0 Å². The number of hydrogen-bond donors (Lipinski definition) is 1. The third-order valence-corrected chi connectivity index (χ3v) is 4.48. The van der Waals surface area contributed by atoms with Gasteiger partial charge in [0.1, 0.15) is 0 Å². The summed E-state index contributed by atoms with van der Waals surface area (Å²) in [6, 6.07) is 10.5. The van der Waals surface area contributed by atoms with Crippen LogP contribution >= 0.6 is 11.8 Å². The summed E-state index contributed by atoms with van der Waals surface area (Å²) in [6.07, 6.45) is 1.13. The van der Waals surface area contributed by atoms with Gasteiger partial charge in [-0.1, -0.05) is 36.9 Å². The summed E-state index contributed by atoms with van der Waals surface area (Å²) >= 11 is 1.85. The molecule has 0 amide bonds. The number of nitrogens with one attached hydrogen (secondary N) is 1. The van der Waals surface area contributed by atoms with Gasteiger partial charge in [-0.25, -0.2) is 0 Å². The summed E-state index contributed by atoms with van der Waals surface area (Å²) in [5.41, 5.74) is 1.28. The average molecular weight is 277 g/mol. The van der Waals surface area contributed by atoms with Gasteiger partial charge in [-0.3, -0.25) is 4.99 Å². The number of hydrogen-bond acceptors (Lipinski definition) is 4. The molecule has 3 nitrogen and oxygen atoms in total. The van der Waals surface area contributed by atoms with Crippen LogP contribution in [0, 0.1) is 5.92 Å². The summed E-state index contributed by atoms with van der Waals surface area (Å²) < 4.78 is 0. The highest BCUT2D eigenvalue weighted by atomic mass is 32.2. The first kappa shape index (κ1) is 14.3. The van der Waals surface area contributed by atoms with Crippen molar-refractivity contribution in [2.45, 2.75) is 13.3 Å². The van der Waals surface area contributed by atoms with Crippen LogP contribution in [0.3, 0.4) is 0 Å². The van der Waals surface area contributed by atoms with Crippen LogP contribution in [0.25, 0.3) is 0 Å². The minimum absolute atomic E-state index is 0.722. The normalized spacial score (nSPS) is 18.8. The maximum absolute atomic E-state index is 4.54. The predicted octanol–water partition coefficient (Wildman–Crippen LogP) is 2.84. The van der Waals surface area contributed by atoms with E-state index in [4.69, 9.17) is 0 Å². The summed E-state index contributed by atoms with van der Waals surface area (Å²) in [4.78, 5) is 6.83. The van der Waals surface area contributed by atoms with Crippen molar-refractivity contribution in [3.63, 3.8) is 0 Å². The molecule has 1 unspecified atom stereocenters. The second-order valence-electron chi connectivity index (χ2n) is 5.10. The molecule has 2 rings (SSSR count). The summed E-state index contributed by atoms with van der Waals surface area (Å²) in [5, 5.41) is 4.56. The van der Waals surface area contributed by atoms with Crippen molar-refractivity contribution in [1.82, 2.24) is 5.32 Å². The molecule has 0 radical (unpaired) electrons. The molecule has 0 saturated heterocycles. The summed E-state index contributed by atoms with van der Waals surface area (Å²) in [6.45, 7) is 5.28. The molecule has 0 saturated carbocycles. The minimum atomic E-state index is 0.722. The molecule has 1 aromatic rings. The van der Waals surface area contributed by atoms with Gasteiger partial charge in [-0.2, -0.15) is 0 Å². The largest absolute Gasteiger partial charge is 0.375 e. The molecule has 1 aliphatic heterocycles. The Morgan fingerprint density at radius 2 is 2.16 bits per heavy atom. The SMILES string of the molecule is CC1CN=C(NCCCN(C)c2ccccc2)SC1. The van der Waals surface area contributed by atoms with Crippen LogP contribution in [0.5, 0.6) is 0 Å². The number of thioether (sulfide) groups is 1. The number of nitrogens with zero attached hydrogens (tertiary/aromatic N) is 2. The van der Waals surface area contributed by atoms with E-state index in [-0.39, 0.29) is 0 Å². The Morgan fingerprint density at radius 3 is 2.84 bits per heavy atom. The van der Waals surface area contributed by atoms with E-state index < -0.39 is 0 Å². The molecule has 1 aromatic carbocycles. The van der Waals surface area contributed by atoms with Gasteiger partial charge in [0.15, 0.2) is 5.17 Å². The molecule has 19 heavy (non-hydrogen) atoms. The van der Waals surface area contributed by atoms with E-state index in [1.54, 1.807) is 0 Å². The van der Waals surface area contributed by atoms with Crippen molar-refractivity contribution in [2.75, 3.05) is 37.3 Å². The molecule has 1 atom stereocenters. The fourth-order valence-corrected chi connectivity index (χ4v) is 2.91. The lowest BCUT2D eigenvalue weighted by Gasteiger charge is -2.21. The van der Waals surface area contributed by atoms with Crippen molar-refractivity contribution in [1.29, 1.82) is 0 Å². The molecule has 4 heteroatoms. The van der Waals surface area contributed by atoms with Gasteiger partial charge in [0.25, 0.3) is 0 Å². The third-order valence-electron chi connectivity index (χ3n) is 3.19.